The number of amides is 1. The number of carbonyl (C=O) groups excluding carboxylic acids is 1. The van der Waals surface area contributed by atoms with Crippen LogP contribution in [0.2, 0.25) is 0 Å². The average molecular weight is 329 g/mol. The molecule has 0 unspecified atom stereocenters. The van der Waals surface area contributed by atoms with Crippen LogP contribution >= 0.6 is 0 Å². The molecule has 0 spiro atoms. The van der Waals surface area contributed by atoms with E-state index in [-0.39, 0.29) is 11.0 Å². The van der Waals surface area contributed by atoms with Gasteiger partial charge >= 0.3 is 5.91 Å². The molecular formula is C16H20N6O. The smallest absolute Gasteiger partial charge is 0.302 e. The van der Waals surface area contributed by atoms with Crippen LogP contribution in [0.5, 0.6) is 0 Å². The molecule has 1 N–H and O–H groups in total. The van der Waals surface area contributed by atoms with E-state index in [9.17, 15) is 6.17 Å². The lowest BCUT2D eigenvalue weighted by Crippen LogP contribution is -2.53. The Kier molecular flexibility index (Phi) is 1.34. The lowest BCUT2D eigenvalue weighted by molar-refractivity contribution is -0.130. The molecule has 23 heavy (non-hydrogen) atoms. The van der Waals surface area contributed by atoms with Gasteiger partial charge in [0.2, 0.25) is 0 Å². The van der Waals surface area contributed by atoms with Gasteiger partial charge in [0.15, 0.2) is 0 Å². The minimum absolute atomic E-state index is 0.274. The van der Waals surface area contributed by atoms with Crippen molar-refractivity contribution in [3.8, 4) is 0 Å². The first-order valence-electron chi connectivity index (χ1n) is 14.5. The third-order valence-electron chi connectivity index (χ3n) is 2.82. The number of H-pyrrole nitrogens is 1. The summed E-state index contributed by atoms with van der Waals surface area (Å²) >= 11 is 0. The standard InChI is InChI=1S/C16H20N6O/c1-11-5-7-22(14(23)8-17-2)9-13(11)21(3)16-12-4-6-18-15(12)19-10-20-16/h4,6,10-11,13H,5,7-9H2,1,3H3,(H,18,19,20)/t11-,13+/m1/s1/i1D3,3D3,5D2,7D2,8D2,9D2,10D,11D,13D. The van der Waals surface area contributed by atoms with Crippen molar-refractivity contribution in [1.82, 2.24) is 19.9 Å². The third kappa shape index (κ3) is 2.84. The van der Waals surface area contributed by atoms with Crippen molar-refractivity contribution in [1.29, 1.82) is 0 Å². The molecule has 1 amide bonds. The first-order chi connectivity index (χ1) is 17.7. The second-order valence-electron chi connectivity index (χ2n) is 4.16. The number of anilines is 1. The Morgan fingerprint density at radius 1 is 1.83 bits per heavy atom. The van der Waals surface area contributed by atoms with Gasteiger partial charge in [0.25, 0.3) is 6.50 Å². The topological polar surface area (TPSA) is 69.5 Å². The van der Waals surface area contributed by atoms with Crippen molar-refractivity contribution in [3.05, 3.63) is 30.0 Å². The molecule has 2 atom stereocenters. The van der Waals surface area contributed by atoms with Crippen LogP contribution in [0.4, 0.5) is 5.82 Å². The second-order valence-corrected chi connectivity index (χ2v) is 4.16. The number of carbonyl (C=O) groups is 1. The summed E-state index contributed by atoms with van der Waals surface area (Å²) in [5, 5.41) is -0.369. The number of aromatic amines is 1. The highest BCUT2D eigenvalue weighted by molar-refractivity contribution is 5.87. The Labute approximate surface area is 159 Å². The molecule has 2 aromatic heterocycles. The van der Waals surface area contributed by atoms with E-state index in [2.05, 4.69) is 19.8 Å². The summed E-state index contributed by atoms with van der Waals surface area (Å²) in [4.78, 5) is 24.0. The summed E-state index contributed by atoms with van der Waals surface area (Å²) in [5.74, 6) is -7.92. The third-order valence-corrected chi connectivity index (χ3v) is 2.82. The molecular weight excluding hydrogens is 292 g/mol. The van der Waals surface area contributed by atoms with Crippen LogP contribution in [-0.4, -0.2) is 58.2 Å². The molecule has 7 nitrogen and oxygen atoms in total. The van der Waals surface area contributed by atoms with Crippen LogP contribution in [0.25, 0.3) is 15.9 Å². The van der Waals surface area contributed by atoms with E-state index >= 15 is 0 Å². The van der Waals surface area contributed by atoms with E-state index in [0.29, 0.717) is 0 Å². The normalized spacial score (nSPS) is 46.7. The monoisotopic (exact) mass is 329 g/mol. The fourth-order valence-electron chi connectivity index (χ4n) is 1.81. The molecule has 0 aliphatic carbocycles. The van der Waals surface area contributed by atoms with Gasteiger partial charge in [-0.1, -0.05) is 6.85 Å². The molecule has 0 radical (unpaired) electrons. The Hall–Kier alpha value is -2.62. The Morgan fingerprint density at radius 3 is 3.52 bits per heavy atom. The highest BCUT2D eigenvalue weighted by Gasteiger charge is 2.33. The molecule has 1 saturated heterocycles. The van der Waals surface area contributed by atoms with Crippen molar-refractivity contribution in [3.63, 3.8) is 0 Å². The number of nitrogens with one attached hydrogen (secondary N) is 1. The number of rotatable bonds is 3. The Balaban J connectivity index is 2.66. The predicted octanol–water partition coefficient (Wildman–Crippen LogP) is 1.55. The summed E-state index contributed by atoms with van der Waals surface area (Å²) in [7, 11) is 0. The maximum Gasteiger partial charge on any atom is 0.302 e. The highest BCUT2D eigenvalue weighted by Crippen LogP contribution is 2.28. The number of likely N-dealkylation sites (N-methyl/N-ethyl adjacent to an activating group) is 1. The second kappa shape index (κ2) is 6.24. The van der Waals surface area contributed by atoms with Gasteiger partial charge in [-0.15, -0.1) is 0 Å². The van der Waals surface area contributed by atoms with Crippen molar-refractivity contribution in [2.24, 2.45) is 5.89 Å². The van der Waals surface area contributed by atoms with Gasteiger partial charge in [-0.25, -0.2) is 16.5 Å². The van der Waals surface area contributed by atoms with E-state index < -0.39 is 79.4 Å². The maximum absolute atomic E-state index is 13.1. The molecule has 1 aliphatic rings. The van der Waals surface area contributed by atoms with Crippen LogP contribution in [0.3, 0.4) is 0 Å². The lowest BCUT2D eigenvalue weighted by Gasteiger charge is -2.41. The number of aromatic nitrogens is 3. The van der Waals surface area contributed by atoms with E-state index in [0.717, 1.165) is 12.3 Å². The number of fused-ring (bicyclic) bond motifs is 1. The van der Waals surface area contributed by atoms with Crippen LogP contribution in [0.1, 0.15) is 36.5 Å². The molecule has 7 heteroatoms. The first-order valence-corrected chi connectivity index (χ1v) is 6.05. The summed E-state index contributed by atoms with van der Waals surface area (Å²) in [6, 6.07) is -3.34. The molecule has 2 aromatic rings. The summed E-state index contributed by atoms with van der Waals surface area (Å²) in [6.07, 6.45) is -4.16. The van der Waals surface area contributed by atoms with E-state index in [1.807, 2.05) is 0 Å². The van der Waals surface area contributed by atoms with E-state index in [1.54, 1.807) is 0 Å². The molecule has 3 heterocycles. The molecule has 3 rings (SSSR count). The number of hydrogen-bond acceptors (Lipinski definition) is 4. The highest BCUT2D eigenvalue weighted by atomic mass is 16.2. The summed E-state index contributed by atoms with van der Waals surface area (Å²) in [5.41, 5.74) is -0.274. The fraction of sp³-hybridized carbons (Fsp3) is 0.500. The van der Waals surface area contributed by atoms with Crippen molar-refractivity contribution in [2.45, 2.75) is 19.2 Å². The quantitative estimate of drug-likeness (QED) is 0.868. The molecule has 1 fully saturated rings. The number of likely N-dealkylation sites (tertiary alicyclic amines) is 1. The van der Waals surface area contributed by atoms with E-state index in [4.69, 9.17) is 28.5 Å². The number of hydrogen-bond donors (Lipinski definition) is 1. The minimum Gasteiger partial charge on any atom is -0.354 e. The number of piperidine rings is 1. The van der Waals surface area contributed by atoms with Crippen LogP contribution in [0, 0.1) is 12.5 Å². The van der Waals surface area contributed by atoms with Gasteiger partial charge in [0.05, 0.1) is 15.5 Å². The van der Waals surface area contributed by atoms with Crippen molar-refractivity contribution >= 4 is 22.8 Å². The minimum atomic E-state index is -4.44. The zero-order valence-corrected chi connectivity index (χ0v) is 11.3. The van der Waals surface area contributed by atoms with Crippen molar-refractivity contribution < 1.29 is 28.1 Å². The molecule has 0 aromatic carbocycles. The van der Waals surface area contributed by atoms with Gasteiger partial charge in [-0.2, -0.15) is 0 Å². The molecule has 0 saturated carbocycles. The predicted molar refractivity (Wildman–Crippen MR) is 87.9 cm³/mol. The zero-order valence-electron chi connectivity index (χ0n) is 28.3. The van der Waals surface area contributed by atoms with Gasteiger partial charge < -0.3 is 19.6 Å². The Morgan fingerprint density at radius 2 is 2.74 bits per heavy atom. The summed E-state index contributed by atoms with van der Waals surface area (Å²) < 4.78 is 141. The molecule has 1 aliphatic heterocycles. The van der Waals surface area contributed by atoms with Gasteiger partial charge in [0.1, 0.15) is 21.9 Å². The van der Waals surface area contributed by atoms with Gasteiger partial charge in [0, 0.05) is 41.2 Å². The van der Waals surface area contributed by atoms with Crippen molar-refractivity contribution in [2.75, 3.05) is 31.4 Å². The van der Waals surface area contributed by atoms with Gasteiger partial charge in [-0.3, -0.25) is 4.79 Å². The lowest BCUT2D eigenvalue weighted by atomic mass is 9.92. The SMILES string of the molecule is [2H]c1nc(N(C([2H])([2H])[2H])[C@@]2([2H])C([2H])([2H])N(C(=O)C([2H])([2H])[N+]#[C-])C([2H])([2H])C([2H])([2H])[C@@]2([2H])C([2H])([2H])[2H])c2cc[nH]c2n1. The van der Waals surface area contributed by atoms with Crippen LogP contribution in [0.15, 0.2) is 18.6 Å². The van der Waals surface area contributed by atoms with E-state index in [1.165, 1.54) is 0 Å². The van der Waals surface area contributed by atoms with Crippen LogP contribution in [-0.2, 0) is 4.79 Å². The largest absolute Gasteiger partial charge is 0.354 e. The average Bonchev–Trinajstić information content (AvgIpc) is 3.23. The maximum atomic E-state index is 13.1. The zero-order chi connectivity index (χ0) is 31.3. The van der Waals surface area contributed by atoms with Gasteiger partial charge in [-0.05, 0) is 18.3 Å². The molecule has 0 bridgehead atoms. The first kappa shape index (κ1) is 4.94. The summed E-state index contributed by atoms with van der Waals surface area (Å²) in [6.45, 7) is -13.6. The molecule has 120 valence electrons. The number of nitrogens with zero attached hydrogens (tertiary/aromatic N) is 5. The Bertz CT molecular complexity index is 1390. The van der Waals surface area contributed by atoms with Crippen LogP contribution < -0.4 is 4.90 Å². The fourth-order valence-corrected chi connectivity index (χ4v) is 1.81.